The summed E-state index contributed by atoms with van der Waals surface area (Å²) >= 11 is 1.87. The van der Waals surface area contributed by atoms with Crippen LogP contribution in [0.4, 0.5) is 10.8 Å². The predicted octanol–water partition coefficient (Wildman–Crippen LogP) is 3.46. The van der Waals surface area contributed by atoms with E-state index in [1.54, 1.807) is 7.11 Å². The molecule has 0 amide bonds. The van der Waals surface area contributed by atoms with Gasteiger partial charge in [-0.25, -0.2) is 4.98 Å². The van der Waals surface area contributed by atoms with Crippen LogP contribution in [-0.4, -0.2) is 55.8 Å². The molecule has 0 N–H and O–H groups in total. The molecule has 6 heteroatoms. The summed E-state index contributed by atoms with van der Waals surface area (Å²) < 4.78 is 5.54. The Hall–Kier alpha value is -1.79. The molecule has 5 nitrogen and oxygen atoms in total. The van der Waals surface area contributed by atoms with Gasteiger partial charge in [0.2, 0.25) is 0 Å². The normalized spacial score (nSPS) is 21.4. The first-order valence-corrected chi connectivity index (χ1v) is 10.4. The van der Waals surface area contributed by atoms with Gasteiger partial charge in [0.15, 0.2) is 5.13 Å². The maximum Gasteiger partial charge on any atom is 0.185 e. The van der Waals surface area contributed by atoms with E-state index in [0.29, 0.717) is 6.04 Å². The summed E-state index contributed by atoms with van der Waals surface area (Å²) in [5.74, 6) is 0.964. The van der Waals surface area contributed by atoms with Crippen molar-refractivity contribution in [3.63, 3.8) is 0 Å². The van der Waals surface area contributed by atoms with Crippen molar-refractivity contribution >= 4 is 22.2 Å². The number of aromatic nitrogens is 1. The lowest BCUT2D eigenvalue weighted by atomic mass is 10.1. The highest BCUT2D eigenvalue weighted by molar-refractivity contribution is 7.15. The number of hydrogen-bond donors (Lipinski definition) is 0. The lowest BCUT2D eigenvalue weighted by Crippen LogP contribution is -2.51. The van der Waals surface area contributed by atoms with E-state index in [4.69, 9.17) is 4.74 Å². The second-order valence-corrected chi connectivity index (χ2v) is 8.33. The van der Waals surface area contributed by atoms with Crippen LogP contribution in [-0.2, 0) is 6.54 Å². The molecule has 0 unspecified atom stereocenters. The number of hydrogen-bond acceptors (Lipinski definition) is 6. The first-order chi connectivity index (χ1) is 12.7. The molecule has 0 spiro atoms. The molecule has 26 heavy (non-hydrogen) atoms. The van der Waals surface area contributed by atoms with Gasteiger partial charge in [-0.1, -0.05) is 12.1 Å². The Kier molecular flexibility index (Phi) is 5.31. The van der Waals surface area contributed by atoms with Crippen LogP contribution < -0.4 is 14.5 Å². The fraction of sp³-hybridized carbons (Fsp3) is 0.550. The Labute approximate surface area is 160 Å². The number of para-hydroxylation sites is 2. The highest BCUT2D eigenvalue weighted by Gasteiger charge is 2.26. The van der Waals surface area contributed by atoms with E-state index >= 15 is 0 Å². The molecule has 0 saturated carbocycles. The second kappa shape index (κ2) is 7.84. The largest absolute Gasteiger partial charge is 0.495 e. The van der Waals surface area contributed by atoms with Gasteiger partial charge in [0.1, 0.15) is 5.75 Å². The minimum absolute atomic E-state index is 0.506. The third-order valence-corrected chi connectivity index (χ3v) is 6.51. The fourth-order valence-corrected chi connectivity index (χ4v) is 4.95. The molecule has 0 radical (unpaired) electrons. The Bertz CT molecular complexity index is 728. The Morgan fingerprint density at radius 1 is 1.12 bits per heavy atom. The molecule has 140 valence electrons. The van der Waals surface area contributed by atoms with E-state index in [2.05, 4.69) is 44.9 Å². The van der Waals surface area contributed by atoms with Crippen molar-refractivity contribution in [2.75, 3.05) is 49.6 Å². The monoisotopic (exact) mass is 372 g/mol. The predicted molar refractivity (Wildman–Crippen MR) is 109 cm³/mol. The van der Waals surface area contributed by atoms with Gasteiger partial charge < -0.3 is 14.5 Å². The van der Waals surface area contributed by atoms with Crippen LogP contribution in [0.1, 0.15) is 24.6 Å². The van der Waals surface area contributed by atoms with Crippen LogP contribution in [0.2, 0.25) is 0 Å². The van der Waals surface area contributed by atoms with Gasteiger partial charge in [-0.15, -0.1) is 11.3 Å². The van der Waals surface area contributed by atoms with Crippen LogP contribution in [0.3, 0.4) is 0 Å². The van der Waals surface area contributed by atoms with E-state index in [0.717, 1.165) is 31.9 Å². The molecule has 2 fully saturated rings. The van der Waals surface area contributed by atoms with Crippen molar-refractivity contribution in [2.45, 2.75) is 32.4 Å². The van der Waals surface area contributed by atoms with Gasteiger partial charge in [0.05, 0.1) is 12.8 Å². The lowest BCUT2D eigenvalue weighted by molar-refractivity contribution is 0.182. The second-order valence-electron chi connectivity index (χ2n) is 7.24. The van der Waals surface area contributed by atoms with Crippen molar-refractivity contribution in [1.29, 1.82) is 0 Å². The molecular weight excluding hydrogens is 344 g/mol. The summed E-state index contributed by atoms with van der Waals surface area (Å²) in [4.78, 5) is 13.5. The fourth-order valence-electron chi connectivity index (χ4n) is 3.97. The number of benzene rings is 1. The highest BCUT2D eigenvalue weighted by Crippen LogP contribution is 2.31. The molecule has 2 aromatic rings. The zero-order chi connectivity index (χ0) is 17.9. The van der Waals surface area contributed by atoms with Crippen molar-refractivity contribution in [1.82, 2.24) is 9.88 Å². The van der Waals surface area contributed by atoms with Gasteiger partial charge in [-0.05, 0) is 31.9 Å². The Morgan fingerprint density at radius 2 is 1.92 bits per heavy atom. The first kappa shape index (κ1) is 17.6. The molecule has 1 aromatic carbocycles. The van der Waals surface area contributed by atoms with E-state index < -0.39 is 0 Å². The molecule has 2 saturated heterocycles. The zero-order valence-corrected chi connectivity index (χ0v) is 16.5. The third kappa shape index (κ3) is 3.67. The number of nitrogens with zero attached hydrogens (tertiary/aromatic N) is 4. The summed E-state index contributed by atoms with van der Waals surface area (Å²) in [5.41, 5.74) is 1.20. The Morgan fingerprint density at radius 3 is 2.69 bits per heavy atom. The van der Waals surface area contributed by atoms with Crippen molar-refractivity contribution < 1.29 is 4.74 Å². The van der Waals surface area contributed by atoms with E-state index in [9.17, 15) is 0 Å². The standard InChI is InChI=1S/C20H28N4OS/c1-16-14-24(18-7-3-4-8-19(18)25-2)12-11-23(16)15-17-13-21-20(26-17)22-9-5-6-10-22/h3-4,7-8,13,16H,5-6,9-12,14-15H2,1-2H3/t16-/m1/s1. The molecule has 1 atom stereocenters. The summed E-state index contributed by atoms with van der Waals surface area (Å²) in [7, 11) is 1.75. The van der Waals surface area contributed by atoms with Gasteiger partial charge in [0.25, 0.3) is 0 Å². The molecule has 2 aliphatic heterocycles. The Balaban J connectivity index is 1.38. The number of piperazine rings is 1. The van der Waals surface area contributed by atoms with E-state index in [1.807, 2.05) is 23.5 Å². The topological polar surface area (TPSA) is 31.8 Å². The summed E-state index contributed by atoms with van der Waals surface area (Å²) in [5, 5.41) is 1.21. The van der Waals surface area contributed by atoms with Gasteiger partial charge >= 0.3 is 0 Å². The molecule has 0 bridgehead atoms. The number of methoxy groups -OCH3 is 1. The highest BCUT2D eigenvalue weighted by atomic mass is 32.1. The number of ether oxygens (including phenoxy) is 1. The first-order valence-electron chi connectivity index (χ1n) is 9.56. The minimum Gasteiger partial charge on any atom is -0.495 e. The lowest BCUT2D eigenvalue weighted by Gasteiger charge is -2.41. The van der Waals surface area contributed by atoms with Crippen LogP contribution in [0.25, 0.3) is 0 Å². The van der Waals surface area contributed by atoms with E-state index in [-0.39, 0.29) is 0 Å². The SMILES string of the molecule is COc1ccccc1N1CCN(Cc2cnc(N3CCCC3)s2)[C@H](C)C1. The van der Waals surface area contributed by atoms with Crippen LogP contribution in [0.5, 0.6) is 5.75 Å². The average Bonchev–Trinajstić information content (AvgIpc) is 3.35. The molecule has 0 aliphatic carbocycles. The minimum atomic E-state index is 0.506. The average molecular weight is 373 g/mol. The third-order valence-electron chi connectivity index (χ3n) is 5.47. The van der Waals surface area contributed by atoms with Gasteiger partial charge in [-0.3, -0.25) is 4.90 Å². The number of rotatable bonds is 5. The quantitative estimate of drug-likeness (QED) is 0.802. The van der Waals surface area contributed by atoms with E-state index in [1.165, 1.54) is 41.6 Å². The molecule has 3 heterocycles. The van der Waals surface area contributed by atoms with Crippen molar-refractivity contribution in [3.05, 3.63) is 35.3 Å². The summed E-state index contributed by atoms with van der Waals surface area (Å²) in [6.07, 6.45) is 4.69. The van der Waals surface area contributed by atoms with Crippen LogP contribution in [0, 0.1) is 0 Å². The molecule has 2 aliphatic rings. The zero-order valence-electron chi connectivity index (χ0n) is 15.7. The van der Waals surface area contributed by atoms with Crippen LogP contribution in [0.15, 0.2) is 30.5 Å². The van der Waals surface area contributed by atoms with Crippen molar-refractivity contribution in [3.8, 4) is 5.75 Å². The maximum absolute atomic E-state index is 5.54. The van der Waals surface area contributed by atoms with Crippen LogP contribution >= 0.6 is 11.3 Å². The smallest absolute Gasteiger partial charge is 0.185 e. The van der Waals surface area contributed by atoms with Gasteiger partial charge in [-0.2, -0.15) is 0 Å². The number of thiazole rings is 1. The van der Waals surface area contributed by atoms with Gasteiger partial charge in [0, 0.05) is 56.4 Å². The molecule has 1 aromatic heterocycles. The molecule has 4 rings (SSSR count). The number of anilines is 2. The summed E-state index contributed by atoms with van der Waals surface area (Å²) in [6.45, 7) is 8.79. The summed E-state index contributed by atoms with van der Waals surface area (Å²) in [6, 6.07) is 8.83. The van der Waals surface area contributed by atoms with Crippen molar-refractivity contribution in [2.24, 2.45) is 0 Å². The maximum atomic E-state index is 5.54. The molecular formula is C20H28N4OS.